The lowest BCUT2D eigenvalue weighted by molar-refractivity contribution is -0.156. The van der Waals surface area contributed by atoms with Crippen molar-refractivity contribution < 1.29 is 27.9 Å². The second-order valence-electron chi connectivity index (χ2n) is 11.6. The van der Waals surface area contributed by atoms with Crippen LogP contribution in [0.5, 0.6) is 0 Å². The summed E-state index contributed by atoms with van der Waals surface area (Å²) >= 11 is 0. The SMILES string of the molecule is O=C(NC1(C2CCC3(C(=O)O)CCCC2C3)CC1)c1cccc2ccn(Cc3ccc(C(F)(F)F)cc3)c12. The maximum atomic E-state index is 13.7. The summed E-state index contributed by atoms with van der Waals surface area (Å²) in [6.07, 6.45) is 4.19. The lowest BCUT2D eigenvalue weighted by Crippen LogP contribution is -2.51. The normalized spacial score (nSPS) is 26.2. The summed E-state index contributed by atoms with van der Waals surface area (Å²) in [5, 5.41) is 14.1. The number of fused-ring (bicyclic) bond motifs is 3. The maximum absolute atomic E-state index is 13.7. The van der Waals surface area contributed by atoms with Crippen LogP contribution in [0.3, 0.4) is 0 Å². The third-order valence-electron chi connectivity index (χ3n) is 9.37. The first kappa shape index (κ1) is 25.0. The van der Waals surface area contributed by atoms with E-state index in [2.05, 4.69) is 5.32 Å². The molecule has 0 saturated heterocycles. The van der Waals surface area contributed by atoms with Gasteiger partial charge in [-0.05, 0) is 80.2 Å². The smallest absolute Gasteiger partial charge is 0.416 e. The highest BCUT2D eigenvalue weighted by atomic mass is 19.4. The molecule has 3 fully saturated rings. The number of nitrogens with zero attached hydrogens (tertiary/aromatic N) is 1. The van der Waals surface area contributed by atoms with Crippen molar-refractivity contribution in [3.63, 3.8) is 0 Å². The van der Waals surface area contributed by atoms with E-state index >= 15 is 0 Å². The van der Waals surface area contributed by atoms with Crippen molar-refractivity contribution >= 4 is 22.8 Å². The Bertz CT molecular complexity index is 1390. The summed E-state index contributed by atoms with van der Waals surface area (Å²) in [6, 6.07) is 12.6. The number of benzene rings is 2. The minimum Gasteiger partial charge on any atom is -0.481 e. The Morgan fingerprint density at radius 2 is 1.76 bits per heavy atom. The molecule has 3 aliphatic carbocycles. The highest BCUT2D eigenvalue weighted by Crippen LogP contribution is 2.58. The quantitative estimate of drug-likeness (QED) is 0.380. The Labute approximate surface area is 219 Å². The Balaban J connectivity index is 1.23. The highest BCUT2D eigenvalue weighted by molar-refractivity contribution is 6.06. The third-order valence-corrected chi connectivity index (χ3v) is 9.37. The van der Waals surface area contributed by atoms with Crippen LogP contribution in [-0.4, -0.2) is 27.1 Å². The van der Waals surface area contributed by atoms with Crippen LogP contribution in [0.4, 0.5) is 13.2 Å². The molecule has 0 spiro atoms. The number of halogens is 3. The summed E-state index contributed by atoms with van der Waals surface area (Å²) in [7, 11) is 0. The molecule has 2 aromatic carbocycles. The van der Waals surface area contributed by atoms with Crippen LogP contribution in [0.25, 0.3) is 10.9 Å². The summed E-state index contributed by atoms with van der Waals surface area (Å²) in [5.74, 6) is -0.213. The number of aromatic nitrogens is 1. The van der Waals surface area contributed by atoms with Gasteiger partial charge in [0, 0.05) is 23.7 Å². The molecule has 2 bridgehead atoms. The number of rotatable bonds is 6. The van der Waals surface area contributed by atoms with Gasteiger partial charge in [-0.25, -0.2) is 0 Å². The lowest BCUT2D eigenvalue weighted by atomic mass is 9.56. The van der Waals surface area contributed by atoms with Crippen molar-refractivity contribution in [2.45, 2.75) is 69.6 Å². The zero-order valence-corrected chi connectivity index (χ0v) is 21.1. The fraction of sp³-hybridized carbons (Fsp3) is 0.467. The minimum atomic E-state index is -4.38. The Kier molecular flexibility index (Phi) is 5.85. The molecule has 3 aromatic rings. The number of hydrogen-bond donors (Lipinski definition) is 2. The van der Waals surface area contributed by atoms with Crippen LogP contribution in [0, 0.1) is 17.3 Å². The summed E-state index contributed by atoms with van der Waals surface area (Å²) in [5.41, 5.74) is 0.457. The van der Waals surface area contributed by atoms with E-state index in [0.29, 0.717) is 36.4 Å². The number of alkyl halides is 3. The molecule has 1 amide bonds. The number of carbonyl (C=O) groups is 2. The second kappa shape index (κ2) is 8.89. The molecule has 200 valence electrons. The van der Waals surface area contributed by atoms with Crippen LogP contribution in [0.15, 0.2) is 54.7 Å². The molecule has 1 aromatic heterocycles. The number of nitrogens with one attached hydrogen (secondary N) is 1. The summed E-state index contributed by atoms with van der Waals surface area (Å²) in [6.45, 7) is 0.346. The van der Waals surface area contributed by atoms with E-state index in [0.717, 1.165) is 61.6 Å². The van der Waals surface area contributed by atoms with Crippen LogP contribution < -0.4 is 5.32 Å². The van der Waals surface area contributed by atoms with Gasteiger partial charge < -0.3 is 15.0 Å². The first-order valence-electron chi connectivity index (χ1n) is 13.4. The number of hydrogen-bond acceptors (Lipinski definition) is 2. The van der Waals surface area contributed by atoms with Gasteiger partial charge in [0.2, 0.25) is 0 Å². The second-order valence-corrected chi connectivity index (χ2v) is 11.6. The topological polar surface area (TPSA) is 71.3 Å². The molecular formula is C30H31F3N2O3. The predicted octanol–water partition coefficient (Wildman–Crippen LogP) is 6.64. The monoisotopic (exact) mass is 524 g/mol. The van der Waals surface area contributed by atoms with Crippen molar-refractivity contribution in [2.24, 2.45) is 17.3 Å². The molecule has 38 heavy (non-hydrogen) atoms. The van der Waals surface area contributed by atoms with E-state index < -0.39 is 23.1 Å². The van der Waals surface area contributed by atoms with Crippen molar-refractivity contribution in [1.29, 1.82) is 0 Å². The largest absolute Gasteiger partial charge is 0.481 e. The molecule has 5 nitrogen and oxygen atoms in total. The van der Waals surface area contributed by atoms with Gasteiger partial charge in [0.1, 0.15) is 0 Å². The van der Waals surface area contributed by atoms with Gasteiger partial charge in [0.25, 0.3) is 5.91 Å². The molecule has 6 rings (SSSR count). The highest BCUT2D eigenvalue weighted by Gasteiger charge is 2.58. The van der Waals surface area contributed by atoms with E-state index in [1.807, 2.05) is 29.0 Å². The lowest BCUT2D eigenvalue weighted by Gasteiger charge is -2.49. The molecule has 0 radical (unpaired) electrons. The molecule has 0 aliphatic heterocycles. The van der Waals surface area contributed by atoms with Gasteiger partial charge in [-0.15, -0.1) is 0 Å². The molecular weight excluding hydrogens is 493 g/mol. The Hall–Kier alpha value is -3.29. The number of carboxylic acids is 1. The van der Waals surface area contributed by atoms with Gasteiger partial charge in [-0.1, -0.05) is 37.1 Å². The third kappa shape index (κ3) is 4.28. The molecule has 3 saturated carbocycles. The van der Waals surface area contributed by atoms with Crippen molar-refractivity contribution in [3.05, 3.63) is 71.4 Å². The average molecular weight is 525 g/mol. The van der Waals surface area contributed by atoms with Gasteiger partial charge in [-0.2, -0.15) is 13.2 Å². The predicted molar refractivity (Wildman–Crippen MR) is 137 cm³/mol. The summed E-state index contributed by atoms with van der Waals surface area (Å²) in [4.78, 5) is 25.7. The van der Waals surface area contributed by atoms with E-state index in [-0.39, 0.29) is 17.4 Å². The number of para-hydroxylation sites is 1. The fourth-order valence-corrected chi connectivity index (χ4v) is 7.26. The molecule has 2 N–H and O–H groups in total. The van der Waals surface area contributed by atoms with Gasteiger partial charge in [0.15, 0.2) is 0 Å². The molecule has 3 aliphatic rings. The summed E-state index contributed by atoms with van der Waals surface area (Å²) < 4.78 is 40.8. The number of aliphatic carboxylic acids is 1. The van der Waals surface area contributed by atoms with Crippen LogP contribution in [-0.2, 0) is 17.5 Å². The number of amides is 1. The standard InChI is InChI=1S/C30H31F3N2O3/c31-30(32,33)22-8-6-19(7-9-22)18-35-16-11-20-3-1-5-23(25(20)35)26(36)34-29(14-15-29)24-10-13-28(27(37)38)12-2-4-21(24)17-28/h1,3,5-9,11,16,21,24H,2,4,10,12-15,17-18H2,(H,34,36)(H,37,38). The number of carboxylic acid groups (broad SMARTS) is 1. The van der Waals surface area contributed by atoms with Crippen molar-refractivity contribution in [1.82, 2.24) is 9.88 Å². The molecule has 3 unspecified atom stereocenters. The van der Waals surface area contributed by atoms with Crippen molar-refractivity contribution in [2.75, 3.05) is 0 Å². The first-order valence-corrected chi connectivity index (χ1v) is 13.4. The molecule has 3 atom stereocenters. The van der Waals surface area contributed by atoms with Crippen LogP contribution in [0.2, 0.25) is 0 Å². The first-order chi connectivity index (χ1) is 18.1. The van der Waals surface area contributed by atoms with E-state index in [1.54, 1.807) is 6.07 Å². The Morgan fingerprint density at radius 3 is 2.45 bits per heavy atom. The minimum absolute atomic E-state index is 0.147. The van der Waals surface area contributed by atoms with Crippen LogP contribution in [0.1, 0.15) is 72.9 Å². The van der Waals surface area contributed by atoms with Gasteiger partial charge >= 0.3 is 12.1 Å². The number of carbonyl (C=O) groups excluding carboxylic acids is 1. The maximum Gasteiger partial charge on any atom is 0.416 e. The molecule has 8 heteroatoms. The van der Waals surface area contributed by atoms with E-state index in [1.165, 1.54) is 12.1 Å². The van der Waals surface area contributed by atoms with Gasteiger partial charge in [-0.3, -0.25) is 9.59 Å². The zero-order valence-electron chi connectivity index (χ0n) is 21.1. The Morgan fingerprint density at radius 1 is 1.00 bits per heavy atom. The van der Waals surface area contributed by atoms with Gasteiger partial charge in [0.05, 0.1) is 22.1 Å². The van der Waals surface area contributed by atoms with E-state index in [4.69, 9.17) is 0 Å². The van der Waals surface area contributed by atoms with Crippen LogP contribution >= 0.6 is 0 Å². The van der Waals surface area contributed by atoms with Crippen molar-refractivity contribution in [3.8, 4) is 0 Å². The fourth-order valence-electron chi connectivity index (χ4n) is 7.26. The average Bonchev–Trinajstić information content (AvgIpc) is 3.54. The molecule has 1 heterocycles. The zero-order chi connectivity index (χ0) is 26.7. The van der Waals surface area contributed by atoms with E-state index in [9.17, 15) is 27.9 Å².